The van der Waals surface area contributed by atoms with Gasteiger partial charge in [-0.05, 0) is 63.0 Å². The molecule has 0 radical (unpaired) electrons. The van der Waals surface area contributed by atoms with Crippen molar-refractivity contribution in [3.8, 4) is 5.75 Å². The largest absolute Gasteiger partial charge is 0.492 e. The molecule has 3 atom stereocenters. The zero-order chi connectivity index (χ0) is 18.5. The van der Waals surface area contributed by atoms with Crippen LogP contribution in [0.2, 0.25) is 0 Å². The molecular formula is C22H32N2O2. The number of nitrogens with zero attached hydrogens (tertiary/aromatic N) is 2. The van der Waals surface area contributed by atoms with Gasteiger partial charge in [-0.2, -0.15) is 0 Å². The second-order valence-electron chi connectivity index (χ2n) is 7.70. The Bertz CT molecular complexity index is 631. The van der Waals surface area contributed by atoms with Crippen LogP contribution < -0.4 is 4.74 Å². The Hall–Kier alpha value is -1.65. The minimum Gasteiger partial charge on any atom is -0.492 e. The van der Waals surface area contributed by atoms with Gasteiger partial charge in [-0.15, -0.1) is 6.58 Å². The topological polar surface area (TPSA) is 32.8 Å². The van der Waals surface area contributed by atoms with Crippen molar-refractivity contribution in [3.63, 3.8) is 0 Å². The van der Waals surface area contributed by atoms with Crippen LogP contribution >= 0.6 is 0 Å². The normalized spacial score (nSPS) is 24.8. The van der Waals surface area contributed by atoms with E-state index >= 15 is 0 Å². The van der Waals surface area contributed by atoms with Gasteiger partial charge in [-0.25, -0.2) is 0 Å². The van der Waals surface area contributed by atoms with Crippen LogP contribution in [-0.4, -0.2) is 48.4 Å². The Morgan fingerprint density at radius 2 is 2.23 bits per heavy atom. The molecular weight excluding hydrogens is 324 g/mol. The minimum absolute atomic E-state index is 0.239. The van der Waals surface area contributed by atoms with Crippen LogP contribution in [0.5, 0.6) is 5.75 Å². The van der Waals surface area contributed by atoms with Crippen molar-refractivity contribution < 1.29 is 9.53 Å². The summed E-state index contributed by atoms with van der Waals surface area (Å²) in [7, 11) is 2.20. The van der Waals surface area contributed by atoms with Crippen molar-refractivity contribution >= 4 is 6.29 Å². The molecule has 26 heavy (non-hydrogen) atoms. The highest BCUT2D eigenvalue weighted by atomic mass is 16.5. The second-order valence-corrected chi connectivity index (χ2v) is 7.70. The number of fused-ring (bicyclic) bond motifs is 1. The van der Waals surface area contributed by atoms with Crippen molar-refractivity contribution in [3.05, 3.63) is 42.0 Å². The van der Waals surface area contributed by atoms with Gasteiger partial charge in [0.1, 0.15) is 18.6 Å². The first kappa shape index (κ1) is 19.1. The Balaban J connectivity index is 1.64. The third-order valence-corrected chi connectivity index (χ3v) is 6.06. The SMILES string of the molecule is C=CC(CCC=O)N1Cc2cc(OCC3CCCCN3C)ccc2C1C. The number of aldehydes is 1. The molecule has 0 saturated carbocycles. The molecule has 1 saturated heterocycles. The van der Waals surface area contributed by atoms with Gasteiger partial charge in [-0.3, -0.25) is 4.90 Å². The highest BCUT2D eigenvalue weighted by Crippen LogP contribution is 2.37. The standard InChI is InChI=1S/C22H32N2O2/c1-4-19(9-7-13-25)24-15-18-14-21(10-11-22(18)17(24)2)26-16-20-8-5-6-12-23(20)3/h4,10-11,13-14,17,19-20H,1,5-9,12,15-16H2,2-3H3. The summed E-state index contributed by atoms with van der Waals surface area (Å²) in [5, 5.41) is 0. The average Bonchev–Trinajstić information content (AvgIpc) is 2.98. The molecule has 2 heterocycles. The molecule has 3 rings (SSSR count). The summed E-state index contributed by atoms with van der Waals surface area (Å²) in [5.74, 6) is 0.972. The highest BCUT2D eigenvalue weighted by molar-refractivity contribution is 5.49. The Morgan fingerprint density at radius 3 is 2.96 bits per heavy atom. The molecule has 2 aliphatic heterocycles. The van der Waals surface area contributed by atoms with E-state index in [2.05, 4.69) is 48.5 Å². The van der Waals surface area contributed by atoms with Crippen molar-refractivity contribution in [1.29, 1.82) is 0 Å². The number of carbonyl (C=O) groups excluding carboxylic acids is 1. The molecule has 3 unspecified atom stereocenters. The van der Waals surface area contributed by atoms with Gasteiger partial charge in [0.15, 0.2) is 0 Å². The zero-order valence-corrected chi connectivity index (χ0v) is 16.2. The number of likely N-dealkylation sites (N-methyl/N-ethyl adjacent to an activating group) is 1. The van der Waals surface area contributed by atoms with Gasteiger partial charge in [0.25, 0.3) is 0 Å². The maximum absolute atomic E-state index is 10.7. The molecule has 142 valence electrons. The van der Waals surface area contributed by atoms with E-state index in [4.69, 9.17) is 4.74 Å². The van der Waals surface area contributed by atoms with Gasteiger partial charge in [0.05, 0.1) is 0 Å². The van der Waals surface area contributed by atoms with Crippen LogP contribution in [0.4, 0.5) is 0 Å². The van der Waals surface area contributed by atoms with E-state index in [1.807, 2.05) is 6.08 Å². The van der Waals surface area contributed by atoms with Gasteiger partial charge in [0, 0.05) is 31.1 Å². The molecule has 0 aliphatic carbocycles. The third kappa shape index (κ3) is 4.18. The fourth-order valence-electron chi connectivity index (χ4n) is 4.34. The summed E-state index contributed by atoms with van der Waals surface area (Å²) in [6.45, 7) is 9.05. The van der Waals surface area contributed by atoms with E-state index in [9.17, 15) is 4.79 Å². The van der Waals surface area contributed by atoms with E-state index < -0.39 is 0 Å². The molecule has 0 aromatic heterocycles. The third-order valence-electron chi connectivity index (χ3n) is 6.06. The quantitative estimate of drug-likeness (QED) is 0.521. The van der Waals surface area contributed by atoms with Gasteiger partial charge < -0.3 is 14.4 Å². The van der Waals surface area contributed by atoms with Crippen LogP contribution in [0.15, 0.2) is 30.9 Å². The van der Waals surface area contributed by atoms with Gasteiger partial charge in [0.2, 0.25) is 0 Å². The van der Waals surface area contributed by atoms with Crippen molar-refractivity contribution in [2.75, 3.05) is 20.2 Å². The highest BCUT2D eigenvalue weighted by Gasteiger charge is 2.31. The number of piperidine rings is 1. The van der Waals surface area contributed by atoms with Crippen LogP contribution in [0.25, 0.3) is 0 Å². The Labute approximate surface area is 157 Å². The van der Waals surface area contributed by atoms with E-state index in [1.54, 1.807) is 0 Å². The summed E-state index contributed by atoms with van der Waals surface area (Å²) in [4.78, 5) is 15.6. The second kappa shape index (κ2) is 8.83. The van der Waals surface area contributed by atoms with Gasteiger partial charge >= 0.3 is 0 Å². The number of ether oxygens (including phenoxy) is 1. The number of benzene rings is 1. The number of likely N-dealkylation sites (tertiary alicyclic amines) is 1. The lowest BCUT2D eigenvalue weighted by Gasteiger charge is -2.32. The molecule has 4 nitrogen and oxygen atoms in total. The number of carbonyl (C=O) groups is 1. The van der Waals surface area contributed by atoms with Crippen LogP contribution in [-0.2, 0) is 11.3 Å². The first-order valence-corrected chi connectivity index (χ1v) is 9.91. The molecule has 1 aromatic carbocycles. The summed E-state index contributed by atoms with van der Waals surface area (Å²) in [5.41, 5.74) is 2.70. The lowest BCUT2D eigenvalue weighted by atomic mass is 10.0. The lowest BCUT2D eigenvalue weighted by molar-refractivity contribution is -0.108. The Kier molecular flexibility index (Phi) is 6.49. The monoisotopic (exact) mass is 356 g/mol. The van der Waals surface area contributed by atoms with Crippen LogP contribution in [0.3, 0.4) is 0 Å². The molecule has 4 heteroatoms. The average molecular weight is 357 g/mol. The van der Waals surface area contributed by atoms with E-state index in [0.717, 1.165) is 31.6 Å². The summed E-state index contributed by atoms with van der Waals surface area (Å²) in [6.07, 6.45) is 8.22. The van der Waals surface area contributed by atoms with E-state index in [-0.39, 0.29) is 6.04 Å². The maximum Gasteiger partial charge on any atom is 0.120 e. The molecule has 0 spiro atoms. The fraction of sp³-hybridized carbons (Fsp3) is 0.591. The fourth-order valence-corrected chi connectivity index (χ4v) is 4.34. The summed E-state index contributed by atoms with van der Waals surface area (Å²) >= 11 is 0. The van der Waals surface area contributed by atoms with Crippen molar-refractivity contribution in [2.45, 2.75) is 63.7 Å². The number of hydrogen-bond donors (Lipinski definition) is 0. The lowest BCUT2D eigenvalue weighted by Crippen LogP contribution is -2.40. The first-order valence-electron chi connectivity index (χ1n) is 9.91. The summed E-state index contributed by atoms with van der Waals surface area (Å²) < 4.78 is 6.14. The summed E-state index contributed by atoms with van der Waals surface area (Å²) in [6, 6.07) is 7.63. The first-order chi connectivity index (χ1) is 12.6. The number of rotatable bonds is 8. The van der Waals surface area contributed by atoms with Crippen LogP contribution in [0, 0.1) is 0 Å². The van der Waals surface area contributed by atoms with E-state index in [1.165, 1.54) is 36.9 Å². The van der Waals surface area contributed by atoms with Crippen LogP contribution in [0.1, 0.15) is 56.2 Å². The minimum atomic E-state index is 0.239. The zero-order valence-electron chi connectivity index (χ0n) is 16.2. The van der Waals surface area contributed by atoms with Gasteiger partial charge in [-0.1, -0.05) is 18.6 Å². The molecule has 1 fully saturated rings. The van der Waals surface area contributed by atoms with Crippen molar-refractivity contribution in [2.24, 2.45) is 0 Å². The molecule has 0 amide bonds. The molecule has 0 N–H and O–H groups in total. The molecule has 1 aromatic rings. The predicted octanol–water partition coefficient (Wildman–Crippen LogP) is 3.96. The molecule has 2 aliphatic rings. The Morgan fingerprint density at radius 1 is 1.38 bits per heavy atom. The number of hydrogen-bond acceptors (Lipinski definition) is 4. The maximum atomic E-state index is 10.7. The van der Waals surface area contributed by atoms with Crippen molar-refractivity contribution in [1.82, 2.24) is 9.80 Å². The molecule has 0 bridgehead atoms. The van der Waals surface area contributed by atoms with E-state index in [0.29, 0.717) is 18.5 Å². The predicted molar refractivity (Wildman–Crippen MR) is 105 cm³/mol. The smallest absolute Gasteiger partial charge is 0.120 e.